The first-order chi connectivity index (χ1) is 10.6. The summed E-state index contributed by atoms with van der Waals surface area (Å²) in [7, 11) is 1.30. The van der Waals surface area contributed by atoms with E-state index in [1.54, 1.807) is 24.3 Å². The van der Waals surface area contributed by atoms with Gasteiger partial charge in [0.05, 0.1) is 18.4 Å². The molecule has 9 heteroatoms. The molecule has 0 radical (unpaired) electrons. The van der Waals surface area contributed by atoms with Gasteiger partial charge in [-0.25, -0.2) is 4.79 Å². The van der Waals surface area contributed by atoms with Gasteiger partial charge in [0.2, 0.25) is 11.0 Å². The molecule has 0 unspecified atom stereocenters. The van der Waals surface area contributed by atoms with Crippen LogP contribution in [0.5, 0.6) is 0 Å². The number of hydrogen-bond acceptors (Lipinski definition) is 8. The molecule has 1 aromatic heterocycles. The molecule has 7 nitrogen and oxygen atoms in total. The molecule has 1 aromatic carbocycles. The van der Waals surface area contributed by atoms with Crippen LogP contribution in [-0.2, 0) is 9.53 Å². The van der Waals surface area contributed by atoms with Crippen molar-refractivity contribution in [3.05, 3.63) is 29.8 Å². The molecule has 0 aliphatic heterocycles. The fourth-order valence-corrected chi connectivity index (χ4v) is 3.25. The van der Waals surface area contributed by atoms with Crippen LogP contribution in [0.4, 0.5) is 10.8 Å². The van der Waals surface area contributed by atoms with Gasteiger partial charge in [-0.15, -0.1) is 10.2 Å². The van der Waals surface area contributed by atoms with Crippen molar-refractivity contribution >= 4 is 45.8 Å². The largest absolute Gasteiger partial charge is 0.465 e. The van der Waals surface area contributed by atoms with E-state index in [1.165, 1.54) is 30.2 Å². The molecule has 2 aromatic rings. The average molecular weight is 338 g/mol. The number of hydrogen-bond donors (Lipinski definition) is 2. The second kappa shape index (κ2) is 7.76. The van der Waals surface area contributed by atoms with Crippen LogP contribution in [0, 0.1) is 0 Å². The minimum absolute atomic E-state index is 0.193. The second-order valence-electron chi connectivity index (χ2n) is 4.09. The van der Waals surface area contributed by atoms with Gasteiger partial charge in [0.1, 0.15) is 0 Å². The van der Waals surface area contributed by atoms with Gasteiger partial charge >= 0.3 is 5.97 Å². The van der Waals surface area contributed by atoms with Gasteiger partial charge in [0.15, 0.2) is 4.34 Å². The number of nitrogens with one attached hydrogen (secondary N) is 1. The number of ether oxygens (including phenoxy) is 1. The number of methoxy groups -OCH3 is 1. The number of aromatic nitrogens is 2. The Morgan fingerprint density at radius 1 is 1.36 bits per heavy atom. The normalized spacial score (nSPS) is 10.2. The van der Waals surface area contributed by atoms with Crippen molar-refractivity contribution in [2.24, 2.45) is 0 Å². The lowest BCUT2D eigenvalue weighted by molar-refractivity contribution is -0.115. The molecule has 0 fully saturated rings. The van der Waals surface area contributed by atoms with E-state index in [4.69, 9.17) is 5.73 Å². The van der Waals surface area contributed by atoms with E-state index in [9.17, 15) is 9.59 Å². The third kappa shape index (κ3) is 4.43. The number of thioether (sulfide) groups is 1. The predicted octanol–water partition coefficient (Wildman–Crippen LogP) is 2.03. The van der Waals surface area contributed by atoms with E-state index in [-0.39, 0.29) is 12.3 Å². The zero-order valence-electron chi connectivity index (χ0n) is 11.7. The Kier molecular flexibility index (Phi) is 5.73. The summed E-state index contributed by atoms with van der Waals surface area (Å²) in [5.41, 5.74) is 6.24. The van der Waals surface area contributed by atoms with Gasteiger partial charge in [-0.2, -0.15) is 0 Å². The predicted molar refractivity (Wildman–Crippen MR) is 86.1 cm³/mol. The number of anilines is 2. The van der Waals surface area contributed by atoms with E-state index in [2.05, 4.69) is 20.3 Å². The van der Waals surface area contributed by atoms with Crippen LogP contribution in [0.3, 0.4) is 0 Å². The number of rotatable bonds is 6. The third-order valence-electron chi connectivity index (χ3n) is 2.58. The number of amides is 1. The van der Waals surface area contributed by atoms with Crippen LogP contribution in [0.25, 0.3) is 0 Å². The molecule has 3 N–H and O–H groups in total. The number of nitrogen functional groups attached to an aromatic ring is 1. The minimum atomic E-state index is -0.491. The number of nitrogens with two attached hydrogens (primary N) is 1. The highest BCUT2D eigenvalue weighted by atomic mass is 32.2. The monoisotopic (exact) mass is 338 g/mol. The first-order valence-corrected chi connectivity index (χ1v) is 8.09. The molecular formula is C13H14N4O3S2. The Balaban J connectivity index is 1.88. The molecule has 0 saturated heterocycles. The van der Waals surface area contributed by atoms with Crippen molar-refractivity contribution in [2.75, 3.05) is 23.9 Å². The summed E-state index contributed by atoms with van der Waals surface area (Å²) in [5.74, 6) is -0.142. The standard InChI is InChI=1S/C13H14N4O3S2/c1-20-11(19)8-4-2-3-5-9(8)15-10(18)6-7-21-13-17-16-12(14)22-13/h2-5H,6-7H2,1H3,(H2,14,16)(H,15,18). The number of carbonyl (C=O) groups excluding carboxylic acids is 2. The van der Waals surface area contributed by atoms with E-state index < -0.39 is 5.97 Å². The maximum absolute atomic E-state index is 11.9. The van der Waals surface area contributed by atoms with E-state index in [1.807, 2.05) is 0 Å². The van der Waals surface area contributed by atoms with Crippen molar-refractivity contribution in [2.45, 2.75) is 10.8 Å². The Morgan fingerprint density at radius 2 is 2.14 bits per heavy atom. The highest BCUT2D eigenvalue weighted by Gasteiger charge is 2.13. The zero-order valence-corrected chi connectivity index (χ0v) is 13.4. The van der Waals surface area contributed by atoms with Crippen molar-refractivity contribution in [3.63, 3.8) is 0 Å². The fourth-order valence-electron chi connectivity index (χ4n) is 1.60. The van der Waals surface area contributed by atoms with Crippen molar-refractivity contribution in [1.29, 1.82) is 0 Å². The van der Waals surface area contributed by atoms with Crippen LogP contribution in [-0.4, -0.2) is 34.9 Å². The number of para-hydroxylation sites is 1. The summed E-state index contributed by atoms with van der Waals surface area (Å²) in [6, 6.07) is 6.70. The summed E-state index contributed by atoms with van der Waals surface area (Å²) in [4.78, 5) is 23.6. The topological polar surface area (TPSA) is 107 Å². The molecule has 1 heterocycles. The maximum atomic E-state index is 11.9. The molecule has 0 saturated carbocycles. The molecule has 2 rings (SSSR count). The van der Waals surface area contributed by atoms with Gasteiger partial charge in [0.25, 0.3) is 0 Å². The van der Waals surface area contributed by atoms with Crippen molar-refractivity contribution < 1.29 is 14.3 Å². The van der Waals surface area contributed by atoms with Gasteiger partial charge in [-0.3, -0.25) is 4.79 Å². The van der Waals surface area contributed by atoms with E-state index in [0.29, 0.717) is 22.1 Å². The molecule has 0 aliphatic carbocycles. The first-order valence-electron chi connectivity index (χ1n) is 6.29. The fraction of sp³-hybridized carbons (Fsp3) is 0.231. The van der Waals surface area contributed by atoms with Crippen LogP contribution in [0.1, 0.15) is 16.8 Å². The molecule has 116 valence electrons. The summed E-state index contributed by atoms with van der Waals surface area (Å²) < 4.78 is 5.40. The number of esters is 1. The zero-order chi connectivity index (χ0) is 15.9. The van der Waals surface area contributed by atoms with Gasteiger partial charge in [-0.05, 0) is 12.1 Å². The molecule has 1 amide bonds. The smallest absolute Gasteiger partial charge is 0.339 e. The molecule has 0 spiro atoms. The summed E-state index contributed by atoms with van der Waals surface area (Å²) >= 11 is 2.69. The summed E-state index contributed by atoms with van der Waals surface area (Å²) in [5, 5.41) is 10.7. The number of nitrogens with zero attached hydrogens (tertiary/aromatic N) is 2. The molecule has 0 atom stereocenters. The lowest BCUT2D eigenvalue weighted by Gasteiger charge is -2.09. The van der Waals surface area contributed by atoms with Crippen LogP contribution >= 0.6 is 23.1 Å². The third-order valence-corrected chi connectivity index (χ3v) is 4.47. The Morgan fingerprint density at radius 3 is 2.82 bits per heavy atom. The molecular weight excluding hydrogens is 324 g/mol. The average Bonchev–Trinajstić information content (AvgIpc) is 2.92. The van der Waals surface area contributed by atoms with E-state index >= 15 is 0 Å². The highest BCUT2D eigenvalue weighted by Crippen LogP contribution is 2.24. The van der Waals surface area contributed by atoms with Gasteiger partial charge in [0, 0.05) is 12.2 Å². The Bertz CT molecular complexity index is 675. The van der Waals surface area contributed by atoms with E-state index in [0.717, 1.165) is 4.34 Å². The molecule has 22 heavy (non-hydrogen) atoms. The second-order valence-corrected chi connectivity index (χ2v) is 6.44. The van der Waals surface area contributed by atoms with Gasteiger partial charge in [-0.1, -0.05) is 35.2 Å². The van der Waals surface area contributed by atoms with Crippen LogP contribution < -0.4 is 11.1 Å². The first kappa shape index (κ1) is 16.2. The van der Waals surface area contributed by atoms with Crippen LogP contribution in [0.15, 0.2) is 28.6 Å². The lowest BCUT2D eigenvalue weighted by Crippen LogP contribution is -2.15. The number of benzene rings is 1. The Labute approximate surface area is 135 Å². The van der Waals surface area contributed by atoms with Crippen molar-refractivity contribution in [1.82, 2.24) is 10.2 Å². The van der Waals surface area contributed by atoms with Gasteiger partial charge < -0.3 is 15.8 Å². The lowest BCUT2D eigenvalue weighted by atomic mass is 10.2. The number of carbonyl (C=O) groups is 2. The van der Waals surface area contributed by atoms with Crippen LogP contribution in [0.2, 0.25) is 0 Å². The summed E-state index contributed by atoms with van der Waals surface area (Å²) in [6.07, 6.45) is 0.277. The van der Waals surface area contributed by atoms with Crippen molar-refractivity contribution in [3.8, 4) is 0 Å². The summed E-state index contributed by atoms with van der Waals surface area (Å²) in [6.45, 7) is 0. The molecule has 0 bridgehead atoms. The molecule has 0 aliphatic rings. The highest BCUT2D eigenvalue weighted by molar-refractivity contribution is 8.01. The quantitative estimate of drug-likeness (QED) is 0.613. The Hall–Kier alpha value is -2.13. The maximum Gasteiger partial charge on any atom is 0.339 e. The minimum Gasteiger partial charge on any atom is -0.465 e. The SMILES string of the molecule is COC(=O)c1ccccc1NC(=O)CCSc1nnc(N)s1.